The van der Waals surface area contributed by atoms with Crippen LogP contribution < -0.4 is 10.5 Å². The second-order valence-electron chi connectivity index (χ2n) is 7.34. The molecule has 0 fully saturated rings. The molecule has 0 atom stereocenters. The summed E-state index contributed by atoms with van der Waals surface area (Å²) in [5.74, 6) is 0.246. The number of nitrogens with one attached hydrogen (secondary N) is 1. The standard InChI is InChI=1S/C23H23N5O2S/c1-3-4-20-22-21(27-23(24)26-20)14-13-19(25-22)16-7-9-17(10-8-16)28-31(29,30)18-11-5-15(2)6-12-18/h5-14,28H,3-4H2,1-2H3,(H2,24,26,27). The van der Waals surface area contributed by atoms with E-state index >= 15 is 0 Å². The van der Waals surface area contributed by atoms with Crippen molar-refractivity contribution in [2.45, 2.75) is 31.6 Å². The molecule has 0 unspecified atom stereocenters. The highest BCUT2D eigenvalue weighted by Gasteiger charge is 2.14. The van der Waals surface area contributed by atoms with E-state index in [1.807, 2.05) is 31.2 Å². The minimum absolute atomic E-state index is 0.223. The first-order valence-corrected chi connectivity index (χ1v) is 11.5. The van der Waals surface area contributed by atoms with E-state index in [0.717, 1.165) is 40.9 Å². The predicted molar refractivity (Wildman–Crippen MR) is 123 cm³/mol. The lowest BCUT2D eigenvalue weighted by Crippen LogP contribution is -2.12. The Hall–Kier alpha value is -3.52. The second kappa shape index (κ2) is 8.31. The van der Waals surface area contributed by atoms with Gasteiger partial charge in [0, 0.05) is 11.3 Å². The van der Waals surface area contributed by atoms with Crippen LogP contribution in [0.25, 0.3) is 22.3 Å². The summed E-state index contributed by atoms with van der Waals surface area (Å²) in [7, 11) is -3.65. The van der Waals surface area contributed by atoms with Crippen molar-refractivity contribution in [2.24, 2.45) is 0 Å². The summed E-state index contributed by atoms with van der Waals surface area (Å²) in [5.41, 5.74) is 11.2. The molecule has 0 aliphatic rings. The number of sulfonamides is 1. The Morgan fingerprint density at radius 3 is 2.29 bits per heavy atom. The number of benzene rings is 2. The second-order valence-corrected chi connectivity index (χ2v) is 9.02. The Morgan fingerprint density at radius 2 is 1.61 bits per heavy atom. The van der Waals surface area contributed by atoms with Crippen LogP contribution in [-0.4, -0.2) is 23.4 Å². The van der Waals surface area contributed by atoms with Crippen LogP contribution in [0, 0.1) is 6.92 Å². The lowest BCUT2D eigenvalue weighted by molar-refractivity contribution is 0.601. The maximum Gasteiger partial charge on any atom is 0.261 e. The van der Waals surface area contributed by atoms with Crippen LogP contribution >= 0.6 is 0 Å². The van der Waals surface area contributed by atoms with Gasteiger partial charge in [0.1, 0.15) is 5.52 Å². The molecule has 0 saturated heterocycles. The van der Waals surface area contributed by atoms with Crippen molar-refractivity contribution in [1.82, 2.24) is 15.0 Å². The smallest absolute Gasteiger partial charge is 0.261 e. The van der Waals surface area contributed by atoms with Gasteiger partial charge in [-0.05, 0) is 49.7 Å². The summed E-state index contributed by atoms with van der Waals surface area (Å²) in [6.45, 7) is 3.99. The van der Waals surface area contributed by atoms with Crippen molar-refractivity contribution < 1.29 is 8.42 Å². The molecule has 0 radical (unpaired) electrons. The van der Waals surface area contributed by atoms with E-state index in [4.69, 9.17) is 10.7 Å². The summed E-state index contributed by atoms with van der Waals surface area (Å²) in [5, 5.41) is 0. The van der Waals surface area contributed by atoms with Crippen molar-refractivity contribution in [1.29, 1.82) is 0 Å². The van der Waals surface area contributed by atoms with Gasteiger partial charge in [0.05, 0.1) is 21.8 Å². The zero-order valence-electron chi connectivity index (χ0n) is 17.3. The van der Waals surface area contributed by atoms with Crippen LogP contribution in [0.15, 0.2) is 65.6 Å². The average molecular weight is 434 g/mol. The van der Waals surface area contributed by atoms with Gasteiger partial charge in [-0.15, -0.1) is 0 Å². The molecule has 8 heteroatoms. The van der Waals surface area contributed by atoms with Crippen molar-refractivity contribution in [2.75, 3.05) is 10.5 Å². The lowest BCUT2D eigenvalue weighted by atomic mass is 10.1. The van der Waals surface area contributed by atoms with Crippen LogP contribution in [-0.2, 0) is 16.4 Å². The topological polar surface area (TPSA) is 111 Å². The molecule has 2 heterocycles. The van der Waals surface area contributed by atoms with Gasteiger partial charge in [-0.1, -0.05) is 43.2 Å². The van der Waals surface area contributed by atoms with E-state index in [0.29, 0.717) is 11.2 Å². The van der Waals surface area contributed by atoms with Crippen molar-refractivity contribution in [3.8, 4) is 11.3 Å². The van der Waals surface area contributed by atoms with Gasteiger partial charge in [0.15, 0.2) is 0 Å². The van der Waals surface area contributed by atoms with Gasteiger partial charge >= 0.3 is 0 Å². The molecule has 0 saturated carbocycles. The third-order valence-corrected chi connectivity index (χ3v) is 6.28. The Bertz CT molecular complexity index is 1340. The van der Waals surface area contributed by atoms with E-state index in [-0.39, 0.29) is 10.8 Å². The number of hydrogen-bond donors (Lipinski definition) is 2. The first kappa shape index (κ1) is 20.7. The fourth-order valence-electron chi connectivity index (χ4n) is 3.31. The molecule has 4 aromatic rings. The molecule has 2 aromatic carbocycles. The molecule has 2 aromatic heterocycles. The highest BCUT2D eigenvalue weighted by molar-refractivity contribution is 7.92. The highest BCUT2D eigenvalue weighted by atomic mass is 32.2. The van der Waals surface area contributed by atoms with Crippen LogP contribution in [0.1, 0.15) is 24.6 Å². The van der Waals surface area contributed by atoms with E-state index in [1.54, 1.807) is 36.4 Å². The number of hydrogen-bond acceptors (Lipinski definition) is 6. The van der Waals surface area contributed by atoms with E-state index in [2.05, 4.69) is 21.6 Å². The van der Waals surface area contributed by atoms with E-state index in [9.17, 15) is 8.42 Å². The number of nitrogens with two attached hydrogens (primary N) is 1. The number of anilines is 2. The molecule has 4 rings (SSSR count). The monoisotopic (exact) mass is 433 g/mol. The Kier molecular flexibility index (Phi) is 5.56. The highest BCUT2D eigenvalue weighted by Crippen LogP contribution is 2.25. The van der Waals surface area contributed by atoms with Crippen LogP contribution in [0.5, 0.6) is 0 Å². The van der Waals surface area contributed by atoms with Crippen LogP contribution in [0.3, 0.4) is 0 Å². The van der Waals surface area contributed by atoms with Crippen molar-refractivity contribution in [3.63, 3.8) is 0 Å². The number of rotatable bonds is 6. The summed E-state index contributed by atoms with van der Waals surface area (Å²) in [6.07, 6.45) is 1.69. The molecular weight excluding hydrogens is 410 g/mol. The number of pyridine rings is 1. The molecule has 158 valence electrons. The molecule has 0 aliphatic heterocycles. The fraction of sp³-hybridized carbons (Fsp3) is 0.174. The third-order valence-electron chi connectivity index (χ3n) is 4.88. The molecule has 0 spiro atoms. The minimum atomic E-state index is -3.65. The van der Waals surface area contributed by atoms with Crippen LogP contribution in [0.2, 0.25) is 0 Å². The zero-order chi connectivity index (χ0) is 22.0. The summed E-state index contributed by atoms with van der Waals surface area (Å²) in [4.78, 5) is 13.6. The number of nitrogens with zero attached hydrogens (tertiary/aromatic N) is 3. The Labute approximate surface area is 181 Å². The first-order valence-electron chi connectivity index (χ1n) is 9.99. The predicted octanol–water partition coefficient (Wildman–Crippen LogP) is 4.34. The molecule has 7 nitrogen and oxygen atoms in total. The molecule has 0 aliphatic carbocycles. The zero-order valence-corrected chi connectivity index (χ0v) is 18.1. The average Bonchev–Trinajstić information content (AvgIpc) is 2.74. The summed E-state index contributed by atoms with van der Waals surface area (Å²) < 4.78 is 27.8. The van der Waals surface area contributed by atoms with Gasteiger partial charge in [0.2, 0.25) is 5.95 Å². The number of aromatic nitrogens is 3. The molecular formula is C23H23N5O2S. The molecule has 31 heavy (non-hydrogen) atoms. The molecule has 3 N–H and O–H groups in total. The summed E-state index contributed by atoms with van der Waals surface area (Å²) in [6, 6.07) is 17.6. The molecule has 0 amide bonds. The maximum absolute atomic E-state index is 12.6. The quantitative estimate of drug-likeness (QED) is 0.468. The number of fused-ring (bicyclic) bond motifs is 1. The number of aryl methyl sites for hydroxylation is 2. The first-order chi connectivity index (χ1) is 14.9. The normalized spacial score (nSPS) is 11.5. The Balaban J connectivity index is 1.62. The maximum atomic E-state index is 12.6. The summed E-state index contributed by atoms with van der Waals surface area (Å²) >= 11 is 0. The van der Waals surface area contributed by atoms with Gasteiger partial charge < -0.3 is 5.73 Å². The largest absolute Gasteiger partial charge is 0.368 e. The molecule has 0 bridgehead atoms. The third kappa shape index (κ3) is 4.49. The fourth-order valence-corrected chi connectivity index (χ4v) is 4.37. The number of nitrogen functional groups attached to an aromatic ring is 1. The SMILES string of the molecule is CCCc1nc(N)nc2ccc(-c3ccc(NS(=O)(=O)c4ccc(C)cc4)cc3)nc12. The minimum Gasteiger partial charge on any atom is -0.368 e. The van der Waals surface area contributed by atoms with Gasteiger partial charge in [-0.2, -0.15) is 0 Å². The van der Waals surface area contributed by atoms with E-state index in [1.165, 1.54) is 0 Å². The van der Waals surface area contributed by atoms with E-state index < -0.39 is 10.0 Å². The van der Waals surface area contributed by atoms with Gasteiger partial charge in [-0.3, -0.25) is 4.72 Å². The van der Waals surface area contributed by atoms with Crippen molar-refractivity contribution >= 4 is 32.7 Å². The lowest BCUT2D eigenvalue weighted by Gasteiger charge is -2.10. The van der Waals surface area contributed by atoms with Gasteiger partial charge in [-0.25, -0.2) is 23.4 Å². The van der Waals surface area contributed by atoms with Crippen molar-refractivity contribution in [3.05, 3.63) is 71.9 Å². The Morgan fingerprint density at radius 1 is 0.903 bits per heavy atom. The van der Waals surface area contributed by atoms with Crippen LogP contribution in [0.4, 0.5) is 11.6 Å². The van der Waals surface area contributed by atoms with Gasteiger partial charge in [0.25, 0.3) is 10.0 Å².